The molecule has 1 aromatic heterocycles. The van der Waals surface area contributed by atoms with Crippen LogP contribution in [0.25, 0.3) is 11.1 Å². The molecule has 0 saturated heterocycles. The molecule has 1 amide bonds. The molecule has 2 aromatic rings. The number of aliphatic hydroxyl groups excluding tert-OH is 2. The lowest BCUT2D eigenvalue weighted by molar-refractivity contribution is -0.167. The molecule has 0 bridgehead atoms. The summed E-state index contributed by atoms with van der Waals surface area (Å²) in [5, 5.41) is 43.1. The molecular formula is C24H21FN2O7. The number of pyridine rings is 1. The van der Waals surface area contributed by atoms with E-state index < -0.39 is 58.6 Å². The number of phenols is 1. The van der Waals surface area contributed by atoms with Gasteiger partial charge in [0.1, 0.15) is 17.4 Å². The van der Waals surface area contributed by atoms with E-state index in [1.54, 1.807) is 6.07 Å². The number of primary amides is 1. The van der Waals surface area contributed by atoms with Crippen molar-refractivity contribution < 1.29 is 39.2 Å². The molecule has 1 saturated carbocycles. The number of phenolic OH excluding ortho intramolecular Hbond substituents is 1. The van der Waals surface area contributed by atoms with Gasteiger partial charge in [-0.1, -0.05) is 6.07 Å². The number of halogens is 1. The molecule has 0 aliphatic heterocycles. The number of fused-ring (bicyclic) bond motifs is 3. The number of aromatic hydroxyl groups is 1. The highest BCUT2D eigenvalue weighted by atomic mass is 19.1. The zero-order valence-corrected chi connectivity index (χ0v) is 17.7. The number of amides is 1. The summed E-state index contributed by atoms with van der Waals surface area (Å²) in [5.41, 5.74) is 3.89. The van der Waals surface area contributed by atoms with E-state index in [1.165, 1.54) is 24.4 Å². The van der Waals surface area contributed by atoms with Gasteiger partial charge in [-0.3, -0.25) is 14.4 Å². The summed E-state index contributed by atoms with van der Waals surface area (Å²) in [7, 11) is 0. The molecule has 5 rings (SSSR count). The van der Waals surface area contributed by atoms with Crippen LogP contribution in [0.15, 0.2) is 41.8 Å². The van der Waals surface area contributed by atoms with Gasteiger partial charge in [0.15, 0.2) is 17.2 Å². The van der Waals surface area contributed by atoms with Crippen LogP contribution in [0.2, 0.25) is 0 Å². The van der Waals surface area contributed by atoms with Crippen LogP contribution >= 0.6 is 0 Å². The van der Waals surface area contributed by atoms with Crippen LogP contribution in [0.3, 0.4) is 0 Å². The molecule has 34 heavy (non-hydrogen) atoms. The molecule has 176 valence electrons. The first-order chi connectivity index (χ1) is 16.1. The quantitative estimate of drug-likeness (QED) is 0.320. The smallest absolute Gasteiger partial charge is 0.230 e. The van der Waals surface area contributed by atoms with Crippen molar-refractivity contribution in [3.05, 3.63) is 58.9 Å². The third-order valence-electron chi connectivity index (χ3n) is 7.31. The number of nitrogens with two attached hydrogens (primary N) is 1. The van der Waals surface area contributed by atoms with Crippen molar-refractivity contribution in [1.82, 2.24) is 4.98 Å². The third-order valence-corrected chi connectivity index (χ3v) is 7.31. The highest BCUT2D eigenvalue weighted by Crippen LogP contribution is 2.52. The van der Waals surface area contributed by atoms with Gasteiger partial charge in [0.25, 0.3) is 0 Å². The number of rotatable bonds is 2. The zero-order chi connectivity index (χ0) is 24.5. The van der Waals surface area contributed by atoms with Crippen LogP contribution in [0.1, 0.15) is 28.8 Å². The van der Waals surface area contributed by atoms with E-state index in [4.69, 9.17) is 5.73 Å². The van der Waals surface area contributed by atoms with E-state index in [9.17, 15) is 39.2 Å². The molecule has 1 fully saturated rings. The first-order valence-electron chi connectivity index (χ1n) is 10.7. The maximum Gasteiger partial charge on any atom is 0.230 e. The van der Waals surface area contributed by atoms with Gasteiger partial charge in [-0.25, -0.2) is 4.98 Å². The van der Waals surface area contributed by atoms with E-state index in [1.807, 2.05) is 0 Å². The fraction of sp³-hybridized carbons (Fsp3) is 0.333. The second-order valence-corrected chi connectivity index (χ2v) is 9.09. The molecule has 9 nitrogen and oxygen atoms in total. The summed E-state index contributed by atoms with van der Waals surface area (Å²) in [4.78, 5) is 41.9. The lowest BCUT2D eigenvalue weighted by Crippen LogP contribution is -2.63. The van der Waals surface area contributed by atoms with E-state index in [-0.39, 0.29) is 36.1 Å². The summed E-state index contributed by atoms with van der Waals surface area (Å²) < 4.78 is 13.3. The number of aromatic nitrogens is 1. The van der Waals surface area contributed by atoms with Crippen LogP contribution in [0.5, 0.6) is 5.75 Å². The zero-order valence-electron chi connectivity index (χ0n) is 17.7. The van der Waals surface area contributed by atoms with Gasteiger partial charge in [0.2, 0.25) is 11.9 Å². The first-order valence-corrected chi connectivity index (χ1v) is 10.7. The Balaban J connectivity index is 1.67. The second kappa shape index (κ2) is 7.44. The molecule has 0 spiro atoms. The molecule has 1 heterocycles. The molecule has 0 radical (unpaired) electrons. The Kier molecular flexibility index (Phi) is 4.85. The van der Waals surface area contributed by atoms with Crippen LogP contribution < -0.4 is 5.73 Å². The molecular weight excluding hydrogens is 447 g/mol. The Hall–Kier alpha value is -3.63. The van der Waals surface area contributed by atoms with E-state index >= 15 is 0 Å². The highest BCUT2D eigenvalue weighted by molar-refractivity contribution is 6.16. The van der Waals surface area contributed by atoms with Gasteiger partial charge >= 0.3 is 0 Å². The summed E-state index contributed by atoms with van der Waals surface area (Å²) >= 11 is 0. The van der Waals surface area contributed by atoms with Crippen LogP contribution in [0.4, 0.5) is 4.39 Å². The molecule has 1 aromatic carbocycles. The molecule has 2 unspecified atom stereocenters. The SMILES string of the molecule is NC(=O)C1C(=O)[C@@]2(O)C(O)=C3C(=O)c4c(O)ccc(-c5ccc(F)nc5)c4C[C@H]3C[C@H]2CC1O. The van der Waals surface area contributed by atoms with Gasteiger partial charge in [-0.2, -0.15) is 4.39 Å². The third kappa shape index (κ3) is 2.92. The number of carbonyl (C=O) groups is 3. The lowest BCUT2D eigenvalue weighted by atomic mass is 9.57. The van der Waals surface area contributed by atoms with Crippen molar-refractivity contribution >= 4 is 17.5 Å². The number of ketones is 2. The number of benzene rings is 1. The topological polar surface area (TPSA) is 171 Å². The van der Waals surface area contributed by atoms with Crippen LogP contribution in [0, 0.1) is 23.7 Å². The standard InChI is InChI=1S/C24H21FN2O7/c25-16-4-1-9(8-27-16)12-2-3-14(28)18-13(12)6-10-5-11-7-15(29)19(23(26)33)22(32)24(11,34)21(31)17(10)20(18)30/h1-4,8,10-11,15,19,28-29,31,34H,5-7H2,(H2,26,33)/t10-,11+,15?,19?,24+/m1/s1. The van der Waals surface area contributed by atoms with E-state index in [2.05, 4.69) is 4.98 Å². The number of hydrogen-bond acceptors (Lipinski definition) is 8. The van der Waals surface area contributed by atoms with Crippen molar-refractivity contribution in [2.24, 2.45) is 23.5 Å². The van der Waals surface area contributed by atoms with Crippen molar-refractivity contribution in [3.63, 3.8) is 0 Å². The summed E-state index contributed by atoms with van der Waals surface area (Å²) in [6.45, 7) is 0. The Morgan fingerprint density at radius 2 is 1.88 bits per heavy atom. The van der Waals surface area contributed by atoms with Crippen LogP contribution in [-0.4, -0.2) is 54.6 Å². The number of Topliss-reactive ketones (excluding diaryl/α,β-unsaturated/α-hetero) is 2. The Bertz CT molecular complexity index is 1290. The number of nitrogens with zero attached hydrogens (tertiary/aromatic N) is 1. The number of aliphatic hydroxyl groups is 3. The number of allylic oxidation sites excluding steroid dienone is 1. The fourth-order valence-corrected chi connectivity index (χ4v) is 5.73. The van der Waals surface area contributed by atoms with Crippen molar-refractivity contribution in [2.75, 3.05) is 0 Å². The minimum atomic E-state index is -2.55. The number of hydrogen-bond donors (Lipinski definition) is 5. The minimum Gasteiger partial charge on any atom is -0.508 e. The maximum absolute atomic E-state index is 13.5. The van der Waals surface area contributed by atoms with Gasteiger partial charge in [-0.15, -0.1) is 0 Å². The van der Waals surface area contributed by atoms with Gasteiger partial charge in [0, 0.05) is 23.3 Å². The Morgan fingerprint density at radius 1 is 1.15 bits per heavy atom. The molecule has 3 aliphatic rings. The summed E-state index contributed by atoms with van der Waals surface area (Å²) in [6, 6.07) is 5.53. The number of carbonyl (C=O) groups excluding carboxylic acids is 3. The molecule has 3 aliphatic carbocycles. The van der Waals surface area contributed by atoms with E-state index in [0.717, 1.165) is 0 Å². The first kappa shape index (κ1) is 22.2. The summed E-state index contributed by atoms with van der Waals surface area (Å²) in [6.07, 6.45) is -0.0839. The summed E-state index contributed by atoms with van der Waals surface area (Å²) in [5.74, 6) is -8.28. The van der Waals surface area contributed by atoms with Crippen molar-refractivity contribution in [1.29, 1.82) is 0 Å². The maximum atomic E-state index is 13.5. The van der Waals surface area contributed by atoms with Gasteiger partial charge in [-0.05, 0) is 54.5 Å². The van der Waals surface area contributed by atoms with Crippen LogP contribution in [-0.2, 0) is 16.0 Å². The average Bonchev–Trinajstić information content (AvgIpc) is 2.77. The monoisotopic (exact) mass is 468 g/mol. The molecule has 5 atom stereocenters. The van der Waals surface area contributed by atoms with E-state index in [0.29, 0.717) is 16.7 Å². The normalized spacial score (nSPS) is 30.4. The van der Waals surface area contributed by atoms with Crippen molar-refractivity contribution in [3.8, 4) is 16.9 Å². The molecule has 10 heteroatoms. The lowest BCUT2D eigenvalue weighted by Gasteiger charge is -2.48. The Labute approximate surface area is 192 Å². The predicted molar refractivity (Wildman–Crippen MR) is 114 cm³/mol. The largest absolute Gasteiger partial charge is 0.508 e. The van der Waals surface area contributed by atoms with Gasteiger partial charge < -0.3 is 26.2 Å². The predicted octanol–water partition coefficient (Wildman–Crippen LogP) is 0.947. The Morgan fingerprint density at radius 3 is 2.53 bits per heavy atom. The van der Waals surface area contributed by atoms with Crippen molar-refractivity contribution in [2.45, 2.75) is 31.0 Å². The van der Waals surface area contributed by atoms with Gasteiger partial charge in [0.05, 0.1) is 11.7 Å². The second-order valence-electron chi connectivity index (χ2n) is 9.09. The molecule has 6 N–H and O–H groups in total. The fourth-order valence-electron chi connectivity index (χ4n) is 5.73. The average molecular weight is 468 g/mol. The highest BCUT2D eigenvalue weighted by Gasteiger charge is 2.62. The minimum absolute atomic E-state index is 0.0616.